The zero-order valence-electron chi connectivity index (χ0n) is 14.6. The molecule has 2 rings (SSSR count). The van der Waals surface area contributed by atoms with Gasteiger partial charge in [0.15, 0.2) is 0 Å². The second-order valence-electron chi connectivity index (χ2n) is 6.80. The van der Waals surface area contributed by atoms with Gasteiger partial charge in [-0.2, -0.15) is 0 Å². The number of anilines is 1. The Labute approximate surface area is 137 Å². The maximum absolute atomic E-state index is 12.0. The number of amides is 1. The monoisotopic (exact) mass is 322 g/mol. The van der Waals surface area contributed by atoms with E-state index in [1.807, 2.05) is 38.8 Å². The molecular formula is C16H26N4O3. The van der Waals surface area contributed by atoms with E-state index < -0.39 is 5.60 Å². The van der Waals surface area contributed by atoms with Crippen LogP contribution in [0.2, 0.25) is 0 Å². The van der Waals surface area contributed by atoms with Crippen LogP contribution in [0, 0.1) is 0 Å². The highest BCUT2D eigenvalue weighted by Gasteiger charge is 2.35. The van der Waals surface area contributed by atoms with Crippen molar-refractivity contribution in [2.75, 3.05) is 45.3 Å². The van der Waals surface area contributed by atoms with Crippen LogP contribution in [0.25, 0.3) is 0 Å². The third-order valence-corrected chi connectivity index (χ3v) is 3.65. The molecule has 1 aromatic rings. The number of hydrogen-bond donors (Lipinski definition) is 0. The number of methoxy groups -OCH3 is 1. The maximum Gasteiger partial charge on any atom is 0.410 e. The first-order valence-electron chi connectivity index (χ1n) is 7.80. The van der Waals surface area contributed by atoms with E-state index in [0.717, 1.165) is 18.1 Å². The Bertz CT molecular complexity index is 538. The Balaban J connectivity index is 1.91. The van der Waals surface area contributed by atoms with Gasteiger partial charge in [-0.3, -0.25) is 0 Å². The van der Waals surface area contributed by atoms with Crippen LogP contribution in [0.5, 0.6) is 0 Å². The van der Waals surface area contributed by atoms with Crippen LogP contribution in [-0.4, -0.2) is 67.0 Å². The van der Waals surface area contributed by atoms with Gasteiger partial charge in [-0.15, -0.1) is 0 Å². The molecule has 2 heterocycles. The second-order valence-corrected chi connectivity index (χ2v) is 6.80. The fraction of sp³-hybridized carbons (Fsp3) is 0.688. The zero-order valence-corrected chi connectivity index (χ0v) is 14.6. The number of likely N-dealkylation sites (N-methyl/N-ethyl adjacent to an activating group) is 1. The smallest absolute Gasteiger partial charge is 0.410 e. The molecule has 1 saturated heterocycles. The predicted octanol–water partition coefficient (Wildman–Crippen LogP) is 1.89. The van der Waals surface area contributed by atoms with Gasteiger partial charge in [0.1, 0.15) is 17.7 Å². The molecule has 1 amide bonds. The van der Waals surface area contributed by atoms with E-state index in [-0.39, 0.29) is 12.0 Å². The number of carbonyl (C=O) groups excluding carboxylic acids is 1. The Morgan fingerprint density at radius 2 is 2.09 bits per heavy atom. The zero-order chi connectivity index (χ0) is 17.0. The number of rotatable bonds is 5. The molecule has 1 aliphatic rings. The van der Waals surface area contributed by atoms with Crippen molar-refractivity contribution in [3.05, 3.63) is 18.1 Å². The molecule has 0 bridgehead atoms. The number of likely N-dealkylation sites (tertiary alicyclic amines) is 1. The first-order valence-corrected chi connectivity index (χ1v) is 7.80. The van der Waals surface area contributed by atoms with Gasteiger partial charge in [-0.05, 0) is 20.8 Å². The summed E-state index contributed by atoms with van der Waals surface area (Å²) in [5.41, 5.74) is 0.494. The minimum atomic E-state index is -0.464. The van der Waals surface area contributed by atoms with Crippen LogP contribution < -0.4 is 4.90 Å². The number of aromatic nitrogens is 2. The molecule has 0 unspecified atom stereocenters. The average molecular weight is 322 g/mol. The summed E-state index contributed by atoms with van der Waals surface area (Å²) in [6.45, 7) is 8.28. The summed E-state index contributed by atoms with van der Waals surface area (Å²) in [4.78, 5) is 24.3. The Morgan fingerprint density at radius 3 is 2.70 bits per heavy atom. The van der Waals surface area contributed by atoms with Crippen molar-refractivity contribution in [1.29, 1.82) is 0 Å². The highest BCUT2D eigenvalue weighted by atomic mass is 16.6. The van der Waals surface area contributed by atoms with Crippen LogP contribution in [0.15, 0.2) is 12.4 Å². The van der Waals surface area contributed by atoms with Crippen molar-refractivity contribution in [2.45, 2.75) is 32.3 Å². The van der Waals surface area contributed by atoms with Gasteiger partial charge in [-0.1, -0.05) is 0 Å². The Morgan fingerprint density at radius 1 is 1.39 bits per heavy atom. The molecule has 7 heteroatoms. The van der Waals surface area contributed by atoms with E-state index in [2.05, 4.69) is 9.97 Å². The lowest BCUT2D eigenvalue weighted by Gasteiger charge is -2.39. The van der Waals surface area contributed by atoms with Crippen LogP contribution >= 0.6 is 0 Å². The lowest BCUT2D eigenvalue weighted by atomic mass is 9.96. The molecule has 1 aliphatic heterocycles. The summed E-state index contributed by atoms with van der Waals surface area (Å²) in [5.74, 6) is 1.10. The molecule has 0 atom stereocenters. The molecular weight excluding hydrogens is 296 g/mol. The van der Waals surface area contributed by atoms with E-state index in [9.17, 15) is 4.79 Å². The molecule has 0 saturated carbocycles. The molecule has 0 spiro atoms. The van der Waals surface area contributed by atoms with Gasteiger partial charge in [0.05, 0.1) is 12.3 Å². The summed E-state index contributed by atoms with van der Waals surface area (Å²) in [7, 11) is 3.65. The Hall–Kier alpha value is -1.89. The Kier molecular flexibility index (Phi) is 5.41. The van der Waals surface area contributed by atoms with Crippen molar-refractivity contribution in [3.63, 3.8) is 0 Å². The van der Waals surface area contributed by atoms with Crippen molar-refractivity contribution >= 4 is 11.9 Å². The van der Waals surface area contributed by atoms with Crippen molar-refractivity contribution in [1.82, 2.24) is 14.9 Å². The van der Waals surface area contributed by atoms with E-state index in [1.165, 1.54) is 0 Å². The number of nitrogens with zero attached hydrogens (tertiary/aromatic N) is 4. The standard InChI is InChI=1S/C16H26N4O3/c1-16(2,3)23-15(21)20-9-12(10-20)13-8-14(18-11-17-13)19(4)6-7-22-5/h8,11-12H,6-7,9-10H2,1-5H3. The first kappa shape index (κ1) is 17.5. The SMILES string of the molecule is COCCN(C)c1cc(C2CN(C(=O)OC(C)(C)C)C2)ncn1. The summed E-state index contributed by atoms with van der Waals surface area (Å²) in [6, 6.07) is 1.98. The van der Waals surface area contributed by atoms with E-state index in [0.29, 0.717) is 19.7 Å². The predicted molar refractivity (Wildman–Crippen MR) is 87.7 cm³/mol. The van der Waals surface area contributed by atoms with Gasteiger partial charge < -0.3 is 19.3 Å². The third-order valence-electron chi connectivity index (χ3n) is 3.65. The normalized spacial score (nSPS) is 15.3. The van der Waals surface area contributed by atoms with E-state index in [4.69, 9.17) is 9.47 Å². The molecule has 23 heavy (non-hydrogen) atoms. The molecule has 0 aliphatic carbocycles. The molecule has 1 fully saturated rings. The average Bonchev–Trinajstić information content (AvgIpc) is 2.41. The lowest BCUT2D eigenvalue weighted by Crippen LogP contribution is -2.50. The molecule has 128 valence electrons. The molecule has 7 nitrogen and oxygen atoms in total. The summed E-state index contributed by atoms with van der Waals surface area (Å²) >= 11 is 0. The highest BCUT2D eigenvalue weighted by Crippen LogP contribution is 2.28. The molecule has 1 aromatic heterocycles. The fourth-order valence-corrected chi connectivity index (χ4v) is 2.28. The largest absolute Gasteiger partial charge is 0.444 e. The van der Waals surface area contributed by atoms with Gasteiger partial charge >= 0.3 is 6.09 Å². The van der Waals surface area contributed by atoms with Crippen molar-refractivity contribution < 1.29 is 14.3 Å². The minimum Gasteiger partial charge on any atom is -0.444 e. The number of hydrogen-bond acceptors (Lipinski definition) is 6. The van der Waals surface area contributed by atoms with E-state index in [1.54, 1.807) is 18.3 Å². The van der Waals surface area contributed by atoms with Crippen molar-refractivity contribution in [2.24, 2.45) is 0 Å². The lowest BCUT2D eigenvalue weighted by molar-refractivity contribution is 0.00787. The van der Waals surface area contributed by atoms with Gasteiger partial charge in [0.2, 0.25) is 0 Å². The quantitative estimate of drug-likeness (QED) is 0.825. The van der Waals surface area contributed by atoms with Gasteiger partial charge in [0, 0.05) is 45.8 Å². The summed E-state index contributed by atoms with van der Waals surface area (Å²) in [5, 5.41) is 0. The number of carbonyl (C=O) groups is 1. The van der Waals surface area contributed by atoms with Gasteiger partial charge in [-0.25, -0.2) is 14.8 Å². The van der Waals surface area contributed by atoms with E-state index >= 15 is 0 Å². The molecule has 0 N–H and O–H groups in total. The van der Waals surface area contributed by atoms with Crippen LogP contribution in [0.4, 0.5) is 10.6 Å². The summed E-state index contributed by atoms with van der Waals surface area (Å²) < 4.78 is 10.4. The topological polar surface area (TPSA) is 67.8 Å². The molecule has 0 aromatic carbocycles. The summed E-state index contributed by atoms with van der Waals surface area (Å²) in [6.07, 6.45) is 1.31. The molecule has 0 radical (unpaired) electrons. The van der Waals surface area contributed by atoms with Crippen LogP contribution in [0.3, 0.4) is 0 Å². The first-order chi connectivity index (χ1) is 10.8. The fourth-order valence-electron chi connectivity index (χ4n) is 2.28. The van der Waals surface area contributed by atoms with Crippen LogP contribution in [-0.2, 0) is 9.47 Å². The maximum atomic E-state index is 12.0. The second kappa shape index (κ2) is 7.12. The van der Waals surface area contributed by atoms with Crippen LogP contribution in [0.1, 0.15) is 32.4 Å². The minimum absolute atomic E-state index is 0.236. The third kappa shape index (κ3) is 4.79. The van der Waals surface area contributed by atoms with Gasteiger partial charge in [0.25, 0.3) is 0 Å². The highest BCUT2D eigenvalue weighted by molar-refractivity contribution is 5.69. The van der Waals surface area contributed by atoms with Crippen molar-refractivity contribution in [3.8, 4) is 0 Å². The number of ether oxygens (including phenoxy) is 2.